The molecule has 3 N–H and O–H groups in total. The van der Waals surface area contributed by atoms with Crippen molar-refractivity contribution in [3.63, 3.8) is 0 Å². The number of aromatic nitrogens is 2. The Balaban J connectivity index is 1.92. The first kappa shape index (κ1) is 13.5. The molecule has 1 amide bonds. The van der Waals surface area contributed by atoms with Crippen LogP contribution >= 0.6 is 0 Å². The average molecular weight is 286 g/mol. The molecule has 0 fully saturated rings. The van der Waals surface area contributed by atoms with E-state index < -0.39 is 11.9 Å². The van der Waals surface area contributed by atoms with Crippen molar-refractivity contribution >= 4 is 11.6 Å². The fraction of sp³-hybridized carbons (Fsp3) is 0.214. The molecule has 1 aliphatic rings. The SMILES string of the molecule is Cc1cncnc1Oc1ccc2c(c1)CC(N)C(=O)N2O. The van der Waals surface area contributed by atoms with Gasteiger partial charge >= 0.3 is 0 Å². The van der Waals surface area contributed by atoms with Gasteiger partial charge in [0.1, 0.15) is 12.1 Å². The number of fused-ring (bicyclic) bond motifs is 1. The van der Waals surface area contributed by atoms with Crippen LogP contribution < -0.4 is 15.5 Å². The zero-order valence-electron chi connectivity index (χ0n) is 11.4. The van der Waals surface area contributed by atoms with Crippen LogP contribution in [0.1, 0.15) is 11.1 Å². The van der Waals surface area contributed by atoms with E-state index in [1.54, 1.807) is 24.4 Å². The molecule has 1 aromatic heterocycles. The largest absolute Gasteiger partial charge is 0.439 e. The summed E-state index contributed by atoms with van der Waals surface area (Å²) in [5, 5.41) is 10.4. The molecular formula is C14H14N4O3. The standard InChI is InChI=1S/C14H14N4O3/c1-8-6-16-7-17-13(8)21-10-2-3-12-9(4-10)5-11(15)14(19)18(12)20/h2-4,6-7,11,20H,5,15H2,1H3. The van der Waals surface area contributed by atoms with E-state index in [1.807, 2.05) is 6.92 Å². The molecule has 0 spiro atoms. The number of ether oxygens (including phenoxy) is 1. The molecule has 0 radical (unpaired) electrons. The maximum atomic E-state index is 11.6. The Morgan fingerprint density at radius 1 is 1.48 bits per heavy atom. The van der Waals surface area contributed by atoms with Crippen molar-refractivity contribution in [2.75, 3.05) is 5.06 Å². The Morgan fingerprint density at radius 3 is 3.05 bits per heavy atom. The third-order valence-corrected chi connectivity index (χ3v) is 3.31. The molecule has 2 aromatic rings. The molecule has 0 bridgehead atoms. The zero-order chi connectivity index (χ0) is 15.0. The number of nitrogens with zero attached hydrogens (tertiary/aromatic N) is 3. The van der Waals surface area contributed by atoms with E-state index in [-0.39, 0.29) is 0 Å². The van der Waals surface area contributed by atoms with E-state index >= 15 is 0 Å². The lowest BCUT2D eigenvalue weighted by atomic mass is 9.99. The molecule has 0 saturated heterocycles. The number of amides is 1. The van der Waals surface area contributed by atoms with Crippen molar-refractivity contribution < 1.29 is 14.7 Å². The van der Waals surface area contributed by atoms with Gasteiger partial charge in [-0.25, -0.2) is 9.97 Å². The van der Waals surface area contributed by atoms with Crippen molar-refractivity contribution in [1.82, 2.24) is 9.97 Å². The van der Waals surface area contributed by atoms with Crippen molar-refractivity contribution in [3.8, 4) is 11.6 Å². The molecule has 3 rings (SSSR count). The summed E-state index contributed by atoms with van der Waals surface area (Å²) in [5.74, 6) is 0.510. The zero-order valence-corrected chi connectivity index (χ0v) is 11.4. The first-order chi connectivity index (χ1) is 10.1. The Kier molecular flexibility index (Phi) is 3.28. The highest BCUT2D eigenvalue weighted by Crippen LogP contribution is 2.31. The summed E-state index contributed by atoms with van der Waals surface area (Å²) in [5.41, 5.74) is 7.68. The van der Waals surface area contributed by atoms with Gasteiger partial charge in [-0.3, -0.25) is 10.0 Å². The van der Waals surface area contributed by atoms with Crippen LogP contribution in [0.25, 0.3) is 0 Å². The van der Waals surface area contributed by atoms with E-state index in [2.05, 4.69) is 9.97 Å². The lowest BCUT2D eigenvalue weighted by Gasteiger charge is -2.27. The second kappa shape index (κ2) is 5.12. The van der Waals surface area contributed by atoms with Gasteiger partial charge in [0, 0.05) is 11.8 Å². The summed E-state index contributed by atoms with van der Waals surface area (Å²) in [6.07, 6.45) is 3.42. The van der Waals surface area contributed by atoms with Crippen molar-refractivity contribution in [2.45, 2.75) is 19.4 Å². The maximum absolute atomic E-state index is 11.6. The third kappa shape index (κ3) is 2.44. The van der Waals surface area contributed by atoms with Crippen LogP contribution in [0, 0.1) is 6.92 Å². The first-order valence-corrected chi connectivity index (χ1v) is 6.42. The van der Waals surface area contributed by atoms with Crippen molar-refractivity contribution in [1.29, 1.82) is 0 Å². The Bertz CT molecular complexity index is 704. The average Bonchev–Trinajstić information content (AvgIpc) is 2.47. The summed E-state index contributed by atoms with van der Waals surface area (Å²) in [7, 11) is 0. The normalized spacial score (nSPS) is 17.6. The summed E-state index contributed by atoms with van der Waals surface area (Å²) in [6.45, 7) is 1.85. The number of carbonyl (C=O) groups is 1. The topological polar surface area (TPSA) is 102 Å². The molecule has 1 aromatic carbocycles. The number of hydrogen-bond acceptors (Lipinski definition) is 6. The first-order valence-electron chi connectivity index (χ1n) is 6.42. The van der Waals surface area contributed by atoms with Crippen LogP contribution in [-0.4, -0.2) is 27.1 Å². The molecule has 0 saturated carbocycles. The minimum absolute atomic E-state index is 0.352. The lowest BCUT2D eigenvalue weighted by molar-refractivity contribution is -0.125. The Hall–Kier alpha value is -2.51. The number of anilines is 1. The van der Waals surface area contributed by atoms with Crippen LogP contribution in [0.3, 0.4) is 0 Å². The van der Waals surface area contributed by atoms with Crippen molar-refractivity contribution in [3.05, 3.63) is 41.9 Å². The van der Waals surface area contributed by atoms with Gasteiger partial charge in [-0.05, 0) is 37.1 Å². The van der Waals surface area contributed by atoms with E-state index in [1.165, 1.54) is 6.33 Å². The van der Waals surface area contributed by atoms with Gasteiger partial charge in [0.2, 0.25) is 5.88 Å². The number of aryl methyl sites for hydroxylation is 1. The molecular weight excluding hydrogens is 272 g/mol. The third-order valence-electron chi connectivity index (χ3n) is 3.31. The summed E-state index contributed by atoms with van der Waals surface area (Å²) < 4.78 is 5.70. The molecule has 7 heteroatoms. The fourth-order valence-electron chi connectivity index (χ4n) is 2.20. The number of rotatable bonds is 2. The van der Waals surface area contributed by atoms with E-state index in [0.717, 1.165) is 11.1 Å². The highest BCUT2D eigenvalue weighted by atomic mass is 16.5. The van der Waals surface area contributed by atoms with Gasteiger partial charge < -0.3 is 10.5 Å². The quantitative estimate of drug-likeness (QED) is 0.804. The van der Waals surface area contributed by atoms with Crippen LogP contribution in [0.4, 0.5) is 5.69 Å². The minimum Gasteiger partial charge on any atom is -0.439 e. The number of nitrogens with two attached hydrogens (primary N) is 1. The molecule has 1 aliphatic heterocycles. The van der Waals surface area contributed by atoms with Crippen LogP contribution in [0.15, 0.2) is 30.7 Å². The van der Waals surface area contributed by atoms with Gasteiger partial charge in [-0.15, -0.1) is 0 Å². The maximum Gasteiger partial charge on any atom is 0.267 e. The summed E-state index contributed by atoms with van der Waals surface area (Å²) in [6, 6.07) is 4.27. The highest BCUT2D eigenvalue weighted by molar-refractivity contribution is 5.98. The van der Waals surface area contributed by atoms with Crippen LogP contribution in [0.2, 0.25) is 0 Å². The molecule has 21 heavy (non-hydrogen) atoms. The Morgan fingerprint density at radius 2 is 2.29 bits per heavy atom. The van der Waals surface area contributed by atoms with E-state index in [9.17, 15) is 10.0 Å². The number of hydroxylamine groups is 1. The van der Waals surface area contributed by atoms with Gasteiger partial charge in [0.05, 0.1) is 11.7 Å². The van der Waals surface area contributed by atoms with Gasteiger partial charge in [-0.1, -0.05) is 0 Å². The van der Waals surface area contributed by atoms with Gasteiger partial charge in [0.15, 0.2) is 0 Å². The summed E-state index contributed by atoms with van der Waals surface area (Å²) in [4.78, 5) is 19.6. The molecule has 2 heterocycles. The number of benzene rings is 1. The predicted octanol–water partition coefficient (Wildman–Crippen LogP) is 1.18. The highest BCUT2D eigenvalue weighted by Gasteiger charge is 2.29. The number of carbonyl (C=O) groups excluding carboxylic acids is 1. The second-order valence-electron chi connectivity index (χ2n) is 4.86. The Labute approximate surface area is 121 Å². The monoisotopic (exact) mass is 286 g/mol. The fourth-order valence-corrected chi connectivity index (χ4v) is 2.20. The molecule has 1 unspecified atom stereocenters. The molecule has 108 valence electrons. The van der Waals surface area contributed by atoms with E-state index in [4.69, 9.17) is 10.5 Å². The van der Waals surface area contributed by atoms with E-state index in [0.29, 0.717) is 28.8 Å². The van der Waals surface area contributed by atoms with Crippen molar-refractivity contribution in [2.24, 2.45) is 5.73 Å². The van der Waals surface area contributed by atoms with Gasteiger partial charge in [-0.2, -0.15) is 5.06 Å². The second-order valence-corrected chi connectivity index (χ2v) is 4.86. The molecule has 0 aliphatic carbocycles. The predicted molar refractivity (Wildman–Crippen MR) is 74.2 cm³/mol. The molecule has 7 nitrogen and oxygen atoms in total. The smallest absolute Gasteiger partial charge is 0.267 e. The lowest BCUT2D eigenvalue weighted by Crippen LogP contribution is -2.47. The molecule has 1 atom stereocenters. The van der Waals surface area contributed by atoms with Crippen LogP contribution in [0.5, 0.6) is 11.6 Å². The number of hydrogen-bond donors (Lipinski definition) is 2. The van der Waals surface area contributed by atoms with Gasteiger partial charge in [0.25, 0.3) is 5.91 Å². The summed E-state index contributed by atoms with van der Waals surface area (Å²) >= 11 is 0. The van der Waals surface area contributed by atoms with Crippen LogP contribution in [-0.2, 0) is 11.2 Å². The minimum atomic E-state index is -0.751.